The summed E-state index contributed by atoms with van der Waals surface area (Å²) in [6.45, 7) is 6.59. The van der Waals surface area contributed by atoms with Gasteiger partial charge in [-0.05, 0) is 31.2 Å². The predicted octanol–water partition coefficient (Wildman–Crippen LogP) is 2.31. The Balaban J connectivity index is 1.68. The fourth-order valence-corrected chi connectivity index (χ4v) is 3.62. The monoisotopic (exact) mass is 287 g/mol. The number of hydrogen-bond donors (Lipinski definition) is 1. The molecule has 3 aliphatic rings. The Hall–Kier alpha value is -1.55. The second-order valence-corrected chi connectivity index (χ2v) is 6.25. The molecule has 1 N–H and O–H groups in total. The lowest BCUT2D eigenvalue weighted by Gasteiger charge is -2.36. The van der Waals surface area contributed by atoms with Crippen molar-refractivity contribution in [2.24, 2.45) is 5.92 Å². The van der Waals surface area contributed by atoms with Crippen molar-refractivity contribution in [1.82, 2.24) is 15.1 Å². The van der Waals surface area contributed by atoms with E-state index in [0.29, 0.717) is 18.5 Å². The van der Waals surface area contributed by atoms with Gasteiger partial charge < -0.3 is 10.2 Å². The lowest BCUT2D eigenvalue weighted by Crippen LogP contribution is -2.45. The van der Waals surface area contributed by atoms with Gasteiger partial charge in [0, 0.05) is 38.8 Å². The van der Waals surface area contributed by atoms with Crippen LogP contribution in [0.3, 0.4) is 0 Å². The van der Waals surface area contributed by atoms with Crippen LogP contribution in [-0.4, -0.2) is 48.1 Å². The zero-order valence-corrected chi connectivity index (χ0v) is 12.8. The summed E-state index contributed by atoms with van der Waals surface area (Å²) in [6.07, 6.45) is 2.47. The average molecular weight is 287 g/mol. The maximum absolute atomic E-state index is 12.1. The molecule has 3 fully saturated rings. The molecule has 0 radical (unpaired) electrons. The smallest absolute Gasteiger partial charge is 0.317 e. The third kappa shape index (κ3) is 3.38. The summed E-state index contributed by atoms with van der Waals surface area (Å²) in [5.74, 6) is 0.620. The number of rotatable bonds is 3. The lowest BCUT2D eigenvalue weighted by atomic mass is 9.94. The van der Waals surface area contributed by atoms with Gasteiger partial charge in [0.1, 0.15) is 0 Å². The molecular weight excluding hydrogens is 262 g/mol. The van der Waals surface area contributed by atoms with Gasteiger partial charge in [-0.15, -0.1) is 0 Å². The van der Waals surface area contributed by atoms with Crippen molar-refractivity contribution in [1.29, 1.82) is 0 Å². The highest BCUT2D eigenvalue weighted by Crippen LogP contribution is 2.29. The summed E-state index contributed by atoms with van der Waals surface area (Å²) in [5.41, 5.74) is 1.37. The molecule has 4 nitrogen and oxygen atoms in total. The van der Waals surface area contributed by atoms with E-state index < -0.39 is 0 Å². The minimum Gasteiger partial charge on any atom is -0.338 e. The Morgan fingerprint density at radius 1 is 1.19 bits per heavy atom. The summed E-state index contributed by atoms with van der Waals surface area (Å²) < 4.78 is 0. The second kappa shape index (κ2) is 6.48. The number of fused-ring (bicyclic) bond motifs is 4. The van der Waals surface area contributed by atoms with Gasteiger partial charge in [-0.2, -0.15) is 0 Å². The van der Waals surface area contributed by atoms with Gasteiger partial charge in [-0.25, -0.2) is 4.79 Å². The highest BCUT2D eigenvalue weighted by atomic mass is 16.2. The van der Waals surface area contributed by atoms with E-state index in [0.717, 1.165) is 26.2 Å². The predicted molar refractivity (Wildman–Crippen MR) is 84.0 cm³/mol. The molecule has 0 saturated carbocycles. The minimum absolute atomic E-state index is 0.107. The molecule has 0 spiro atoms. The first kappa shape index (κ1) is 14.4. The van der Waals surface area contributed by atoms with E-state index in [-0.39, 0.29) is 6.03 Å². The fourth-order valence-electron chi connectivity index (χ4n) is 3.62. The van der Waals surface area contributed by atoms with Gasteiger partial charge in [0.25, 0.3) is 0 Å². The molecule has 0 unspecified atom stereocenters. The molecule has 3 aliphatic heterocycles. The van der Waals surface area contributed by atoms with E-state index in [2.05, 4.69) is 40.5 Å². The molecule has 2 amide bonds. The van der Waals surface area contributed by atoms with Crippen LogP contribution in [0, 0.1) is 5.92 Å². The van der Waals surface area contributed by atoms with Gasteiger partial charge in [-0.1, -0.05) is 30.3 Å². The van der Waals surface area contributed by atoms with Crippen molar-refractivity contribution >= 4 is 6.03 Å². The summed E-state index contributed by atoms with van der Waals surface area (Å²) in [6, 6.07) is 11.3. The molecule has 114 valence electrons. The van der Waals surface area contributed by atoms with Gasteiger partial charge in [0.05, 0.1) is 0 Å². The summed E-state index contributed by atoms with van der Waals surface area (Å²) in [7, 11) is 0. The molecule has 2 bridgehead atoms. The van der Waals surface area contributed by atoms with Gasteiger partial charge in [0.2, 0.25) is 0 Å². The number of nitrogens with one attached hydrogen (secondary N) is 1. The molecule has 4 rings (SSSR count). The quantitative estimate of drug-likeness (QED) is 0.926. The number of hydrogen-bond acceptors (Lipinski definition) is 2. The van der Waals surface area contributed by atoms with Crippen molar-refractivity contribution in [2.75, 3.05) is 26.2 Å². The number of benzene rings is 1. The number of nitrogens with zero attached hydrogens (tertiary/aromatic N) is 2. The van der Waals surface area contributed by atoms with Gasteiger partial charge >= 0.3 is 6.03 Å². The topological polar surface area (TPSA) is 35.6 Å². The van der Waals surface area contributed by atoms with Crippen LogP contribution >= 0.6 is 0 Å². The third-order valence-corrected chi connectivity index (χ3v) is 4.67. The van der Waals surface area contributed by atoms with E-state index in [1.165, 1.54) is 18.4 Å². The molecule has 2 atom stereocenters. The van der Waals surface area contributed by atoms with E-state index >= 15 is 0 Å². The lowest BCUT2D eigenvalue weighted by molar-refractivity contribution is 0.124. The zero-order valence-electron chi connectivity index (χ0n) is 12.8. The maximum atomic E-state index is 12.1. The van der Waals surface area contributed by atoms with Gasteiger partial charge in [-0.3, -0.25) is 4.90 Å². The first-order valence-electron chi connectivity index (χ1n) is 8.07. The Morgan fingerprint density at radius 2 is 2.00 bits per heavy atom. The van der Waals surface area contributed by atoms with Crippen LogP contribution in [0.15, 0.2) is 30.3 Å². The standard InChI is InChI=1S/C17H25N3O/c1-2-18-17(21)20-12-15-8-9-16(13-20)19(11-15)10-14-6-4-3-5-7-14/h3-7,15-16H,2,8-13H2,1H3,(H,18,21)/t15-,16-/m1/s1. The second-order valence-electron chi connectivity index (χ2n) is 6.25. The van der Waals surface area contributed by atoms with Crippen LogP contribution in [0.5, 0.6) is 0 Å². The molecule has 3 heterocycles. The fraction of sp³-hybridized carbons (Fsp3) is 0.588. The Morgan fingerprint density at radius 3 is 2.76 bits per heavy atom. The molecule has 3 saturated heterocycles. The summed E-state index contributed by atoms with van der Waals surface area (Å²) in [5, 5.41) is 2.94. The largest absolute Gasteiger partial charge is 0.338 e. The first-order chi connectivity index (χ1) is 10.3. The summed E-state index contributed by atoms with van der Waals surface area (Å²) in [4.78, 5) is 16.7. The normalized spacial score (nSPS) is 25.7. The Bertz CT molecular complexity index is 476. The van der Waals surface area contributed by atoms with Crippen LogP contribution < -0.4 is 5.32 Å². The molecule has 1 aromatic carbocycles. The van der Waals surface area contributed by atoms with E-state index in [9.17, 15) is 4.79 Å². The van der Waals surface area contributed by atoms with E-state index in [1.807, 2.05) is 11.8 Å². The van der Waals surface area contributed by atoms with Crippen LogP contribution in [-0.2, 0) is 6.54 Å². The number of piperidine rings is 1. The Kier molecular flexibility index (Phi) is 4.44. The highest BCUT2D eigenvalue weighted by Gasteiger charge is 2.36. The van der Waals surface area contributed by atoms with E-state index in [1.54, 1.807) is 0 Å². The van der Waals surface area contributed by atoms with Crippen LogP contribution in [0.25, 0.3) is 0 Å². The highest BCUT2D eigenvalue weighted by molar-refractivity contribution is 5.74. The molecule has 21 heavy (non-hydrogen) atoms. The minimum atomic E-state index is 0.107. The van der Waals surface area contributed by atoms with Crippen molar-refractivity contribution in [3.63, 3.8) is 0 Å². The SMILES string of the molecule is CCNC(=O)N1C[C@@H]2CC[C@H](C1)N(Cc1ccccc1)C2. The third-order valence-electron chi connectivity index (χ3n) is 4.67. The van der Waals surface area contributed by atoms with Crippen LogP contribution in [0.1, 0.15) is 25.3 Å². The van der Waals surface area contributed by atoms with Crippen LogP contribution in [0.2, 0.25) is 0 Å². The molecule has 4 heteroatoms. The van der Waals surface area contributed by atoms with Crippen molar-refractivity contribution in [3.05, 3.63) is 35.9 Å². The van der Waals surface area contributed by atoms with Crippen LogP contribution in [0.4, 0.5) is 4.79 Å². The number of urea groups is 1. The Labute approximate surface area is 127 Å². The van der Waals surface area contributed by atoms with Crippen molar-refractivity contribution in [3.8, 4) is 0 Å². The van der Waals surface area contributed by atoms with Crippen molar-refractivity contribution in [2.45, 2.75) is 32.4 Å². The average Bonchev–Trinajstić information content (AvgIpc) is 2.80. The molecule has 0 aromatic heterocycles. The van der Waals surface area contributed by atoms with Crippen molar-refractivity contribution < 1.29 is 4.79 Å². The number of amides is 2. The number of carbonyl (C=O) groups excluding carboxylic acids is 1. The molecule has 1 aromatic rings. The zero-order chi connectivity index (χ0) is 14.7. The summed E-state index contributed by atoms with van der Waals surface area (Å²) >= 11 is 0. The van der Waals surface area contributed by atoms with E-state index in [4.69, 9.17) is 0 Å². The van der Waals surface area contributed by atoms with Gasteiger partial charge in [0.15, 0.2) is 0 Å². The molecular formula is C17H25N3O. The first-order valence-corrected chi connectivity index (χ1v) is 8.07. The number of carbonyl (C=O) groups is 1. The maximum Gasteiger partial charge on any atom is 0.317 e. The molecule has 0 aliphatic carbocycles.